The summed E-state index contributed by atoms with van der Waals surface area (Å²) in [6.45, 7) is 14.3. The molecule has 232 valence electrons. The number of hydrogen-bond acceptors (Lipinski definition) is 5. The number of hydrogen-bond donors (Lipinski definition) is 2. The van der Waals surface area contributed by atoms with Gasteiger partial charge in [-0.1, -0.05) is 68.5 Å². The number of H-pyrrole nitrogens is 1. The van der Waals surface area contributed by atoms with Gasteiger partial charge in [-0.25, -0.2) is 9.59 Å². The molecular formula is C38H40N2O5. The molecule has 0 saturated heterocycles. The summed E-state index contributed by atoms with van der Waals surface area (Å²) in [5, 5.41) is 3.77. The minimum atomic E-state index is -0.972. The summed E-state index contributed by atoms with van der Waals surface area (Å²) in [5.41, 5.74) is 7.31. The lowest BCUT2D eigenvalue weighted by molar-refractivity contribution is -0.145. The largest absolute Gasteiger partial charge is 0.483 e. The lowest BCUT2D eigenvalue weighted by Gasteiger charge is -2.28. The number of allylic oxidation sites excluding steroid dienone is 1. The average Bonchev–Trinajstić information content (AvgIpc) is 3.55. The van der Waals surface area contributed by atoms with Gasteiger partial charge in [-0.2, -0.15) is 0 Å². The van der Waals surface area contributed by atoms with Gasteiger partial charge in [-0.05, 0) is 72.9 Å². The second kappa shape index (κ2) is 11.6. The summed E-state index contributed by atoms with van der Waals surface area (Å²) in [6, 6.07) is 19.4. The molecule has 1 aliphatic heterocycles. The summed E-state index contributed by atoms with van der Waals surface area (Å²) < 4.78 is 17.5. The molecule has 1 aromatic heterocycles. The van der Waals surface area contributed by atoms with E-state index in [1.54, 1.807) is 6.92 Å². The highest BCUT2D eigenvalue weighted by atomic mass is 16.6. The summed E-state index contributed by atoms with van der Waals surface area (Å²) in [7, 11) is 0. The normalized spacial score (nSPS) is 15.4. The van der Waals surface area contributed by atoms with E-state index in [-0.39, 0.29) is 25.6 Å². The van der Waals surface area contributed by atoms with Gasteiger partial charge in [0.2, 0.25) is 0 Å². The van der Waals surface area contributed by atoms with Crippen LogP contribution in [0.1, 0.15) is 68.5 Å². The number of amides is 1. The van der Waals surface area contributed by atoms with Gasteiger partial charge in [-0.3, -0.25) is 0 Å². The van der Waals surface area contributed by atoms with Crippen LogP contribution in [0.3, 0.4) is 0 Å². The number of aromatic nitrogens is 1. The number of alkyl carbamates (subject to hydrolysis) is 1. The smallest absolute Gasteiger partial charge is 0.407 e. The van der Waals surface area contributed by atoms with Crippen LogP contribution in [0.15, 0.2) is 79.4 Å². The minimum absolute atomic E-state index is 0.0933. The van der Waals surface area contributed by atoms with Crippen LogP contribution in [0.4, 0.5) is 4.79 Å². The Labute approximate surface area is 264 Å². The zero-order chi connectivity index (χ0) is 31.9. The number of ether oxygens (including phenoxy) is 3. The monoisotopic (exact) mass is 604 g/mol. The second-order valence-corrected chi connectivity index (χ2v) is 12.8. The number of carbonyl (C=O) groups is 2. The standard InChI is InChI=1S/C38H40N2O5/c1-7-37(3,4)34-29(27-17-18-32-28(33(27)40-34)19-20-38(5,6)45-32)21-31(35(41)43-8-2)39-36(42)44-22-30-25-15-11-9-13-23(25)24-14-10-12-16-26(24)30/h7,9-20,30-31,40H,1,8,21-22H2,2-6H3,(H,39,42). The molecule has 2 heterocycles. The Hall–Kier alpha value is -4.78. The summed E-state index contributed by atoms with van der Waals surface area (Å²) in [4.78, 5) is 30.3. The molecule has 0 saturated carbocycles. The van der Waals surface area contributed by atoms with Crippen molar-refractivity contribution >= 4 is 29.0 Å². The molecule has 0 radical (unpaired) electrons. The second-order valence-electron chi connectivity index (χ2n) is 12.8. The van der Waals surface area contributed by atoms with Gasteiger partial charge in [0.25, 0.3) is 0 Å². The molecule has 0 spiro atoms. The molecule has 1 atom stereocenters. The number of benzene rings is 3. The van der Waals surface area contributed by atoms with Gasteiger partial charge in [0.1, 0.15) is 24.0 Å². The molecule has 1 unspecified atom stereocenters. The van der Waals surface area contributed by atoms with Crippen LogP contribution in [0.2, 0.25) is 0 Å². The minimum Gasteiger partial charge on any atom is -0.483 e. The van der Waals surface area contributed by atoms with Crippen molar-refractivity contribution in [2.75, 3.05) is 13.2 Å². The fraction of sp³-hybridized carbons (Fsp3) is 0.316. The van der Waals surface area contributed by atoms with Crippen molar-refractivity contribution in [3.05, 3.63) is 107 Å². The van der Waals surface area contributed by atoms with E-state index in [0.717, 1.165) is 55.7 Å². The molecule has 0 bridgehead atoms. The fourth-order valence-corrected chi connectivity index (χ4v) is 6.46. The van der Waals surface area contributed by atoms with Crippen molar-refractivity contribution in [3.8, 4) is 16.9 Å². The summed E-state index contributed by atoms with van der Waals surface area (Å²) in [6.07, 6.45) is 5.51. The predicted molar refractivity (Wildman–Crippen MR) is 178 cm³/mol. The van der Waals surface area contributed by atoms with Gasteiger partial charge in [0, 0.05) is 34.4 Å². The van der Waals surface area contributed by atoms with Crippen LogP contribution in [0.25, 0.3) is 28.1 Å². The molecule has 2 aliphatic rings. The number of esters is 1. The molecule has 3 aromatic carbocycles. The Morgan fingerprint density at radius 3 is 2.36 bits per heavy atom. The predicted octanol–water partition coefficient (Wildman–Crippen LogP) is 7.83. The molecule has 2 N–H and O–H groups in total. The van der Waals surface area contributed by atoms with Crippen LogP contribution in [0.5, 0.6) is 5.75 Å². The number of nitrogens with one attached hydrogen (secondary N) is 2. The van der Waals surface area contributed by atoms with E-state index in [0.29, 0.717) is 0 Å². The third-order valence-corrected chi connectivity index (χ3v) is 8.88. The van der Waals surface area contributed by atoms with Crippen LogP contribution < -0.4 is 10.1 Å². The van der Waals surface area contributed by atoms with E-state index in [1.165, 1.54) is 0 Å². The summed E-state index contributed by atoms with van der Waals surface area (Å²) in [5.74, 6) is 0.166. The van der Waals surface area contributed by atoms with Gasteiger partial charge < -0.3 is 24.5 Å². The average molecular weight is 605 g/mol. The topological polar surface area (TPSA) is 89.7 Å². The molecule has 45 heavy (non-hydrogen) atoms. The highest BCUT2D eigenvalue weighted by molar-refractivity contribution is 5.95. The first-order chi connectivity index (χ1) is 21.5. The first-order valence-electron chi connectivity index (χ1n) is 15.5. The van der Waals surface area contributed by atoms with Crippen molar-refractivity contribution in [1.82, 2.24) is 10.3 Å². The Bertz CT molecular complexity index is 1780. The third-order valence-electron chi connectivity index (χ3n) is 8.88. The van der Waals surface area contributed by atoms with Gasteiger partial charge in [-0.15, -0.1) is 6.58 Å². The van der Waals surface area contributed by atoms with E-state index < -0.39 is 29.1 Å². The van der Waals surface area contributed by atoms with Crippen molar-refractivity contribution in [2.24, 2.45) is 0 Å². The molecule has 1 amide bonds. The molecule has 7 heteroatoms. The fourth-order valence-electron chi connectivity index (χ4n) is 6.46. The molecule has 6 rings (SSSR count). The van der Waals surface area contributed by atoms with Crippen LogP contribution in [-0.2, 0) is 26.1 Å². The first-order valence-corrected chi connectivity index (χ1v) is 15.5. The van der Waals surface area contributed by atoms with E-state index in [2.05, 4.69) is 61.1 Å². The number of fused-ring (bicyclic) bond motifs is 6. The molecule has 4 aromatic rings. The number of rotatable bonds is 9. The van der Waals surface area contributed by atoms with Crippen molar-refractivity contribution in [3.63, 3.8) is 0 Å². The lowest BCUT2D eigenvalue weighted by Crippen LogP contribution is -2.44. The number of aromatic amines is 1. The maximum absolute atomic E-state index is 13.3. The SMILES string of the molecule is C=CC(C)(C)c1[nH]c2c3c(ccc2c1CC(NC(=O)OCC1c2ccccc2-c2ccccc21)C(=O)OCC)OC(C)(C)C=C3. The Morgan fingerprint density at radius 1 is 1.04 bits per heavy atom. The number of carbonyl (C=O) groups excluding carboxylic acids is 2. The van der Waals surface area contributed by atoms with Crippen LogP contribution >= 0.6 is 0 Å². The van der Waals surface area contributed by atoms with E-state index in [1.807, 2.05) is 62.4 Å². The highest BCUT2D eigenvalue weighted by Gasteiger charge is 2.33. The zero-order valence-corrected chi connectivity index (χ0v) is 26.5. The Balaban J connectivity index is 1.29. The first kappa shape index (κ1) is 30.3. The Kier molecular flexibility index (Phi) is 7.81. The quantitative estimate of drug-likeness (QED) is 0.150. The molecule has 1 aliphatic carbocycles. The Morgan fingerprint density at radius 2 is 1.71 bits per heavy atom. The van der Waals surface area contributed by atoms with Crippen molar-refractivity contribution in [2.45, 2.75) is 64.0 Å². The molecular weight excluding hydrogens is 564 g/mol. The van der Waals surface area contributed by atoms with Crippen LogP contribution in [0, 0.1) is 0 Å². The van der Waals surface area contributed by atoms with E-state index in [4.69, 9.17) is 14.2 Å². The van der Waals surface area contributed by atoms with Gasteiger partial charge in [0.15, 0.2) is 0 Å². The maximum atomic E-state index is 13.3. The molecule has 7 nitrogen and oxygen atoms in total. The summed E-state index contributed by atoms with van der Waals surface area (Å²) >= 11 is 0. The highest BCUT2D eigenvalue weighted by Crippen LogP contribution is 2.45. The van der Waals surface area contributed by atoms with Crippen molar-refractivity contribution in [1.29, 1.82) is 0 Å². The van der Waals surface area contributed by atoms with E-state index >= 15 is 0 Å². The van der Waals surface area contributed by atoms with Crippen LogP contribution in [-0.4, -0.2) is 41.9 Å². The van der Waals surface area contributed by atoms with Gasteiger partial charge >= 0.3 is 12.1 Å². The lowest BCUT2D eigenvalue weighted by atomic mass is 9.85. The van der Waals surface area contributed by atoms with Gasteiger partial charge in [0.05, 0.1) is 12.1 Å². The molecule has 0 fully saturated rings. The van der Waals surface area contributed by atoms with E-state index in [9.17, 15) is 9.59 Å². The zero-order valence-electron chi connectivity index (χ0n) is 26.5. The van der Waals surface area contributed by atoms with Crippen molar-refractivity contribution < 1.29 is 23.8 Å². The third kappa shape index (κ3) is 5.63. The maximum Gasteiger partial charge on any atom is 0.407 e.